The maximum absolute atomic E-state index is 12.2. The number of rotatable bonds is 5. The molecule has 0 aliphatic carbocycles. The fourth-order valence-electron chi connectivity index (χ4n) is 2.98. The van der Waals surface area contributed by atoms with Gasteiger partial charge in [0.15, 0.2) is 6.54 Å². The summed E-state index contributed by atoms with van der Waals surface area (Å²) in [6.07, 6.45) is 2.48. The normalized spacial score (nSPS) is 21.2. The second-order valence-corrected chi connectivity index (χ2v) is 5.78. The van der Waals surface area contributed by atoms with E-state index in [1.807, 2.05) is 24.3 Å². The molecule has 0 aromatic heterocycles. The number of nitrogens with one attached hydrogen (secondary N) is 2. The summed E-state index contributed by atoms with van der Waals surface area (Å²) in [6, 6.07) is 7.89. The molecule has 1 heterocycles. The van der Waals surface area contributed by atoms with Crippen LogP contribution in [0.2, 0.25) is 0 Å². The Hall–Kier alpha value is -1.88. The molecule has 0 unspecified atom stereocenters. The van der Waals surface area contributed by atoms with Gasteiger partial charge >= 0.3 is 5.97 Å². The van der Waals surface area contributed by atoms with Crippen LogP contribution < -0.4 is 10.2 Å². The number of ether oxygens (including phenoxy) is 1. The third-order valence-electron chi connectivity index (χ3n) is 4.31. The lowest BCUT2D eigenvalue weighted by molar-refractivity contribution is -0.897. The second kappa shape index (κ2) is 7.94. The zero-order valence-electron chi connectivity index (χ0n) is 13.4. The number of likely N-dealkylation sites (tertiary alicyclic amines) is 1. The summed E-state index contributed by atoms with van der Waals surface area (Å²) < 4.78 is 4.78. The number of anilines is 1. The molecule has 5 nitrogen and oxygen atoms in total. The molecule has 1 aliphatic heterocycles. The Balaban J connectivity index is 1.82. The number of para-hydroxylation sites is 1. The Bertz CT molecular complexity index is 522. The van der Waals surface area contributed by atoms with Gasteiger partial charge in [-0.15, -0.1) is 0 Å². The quantitative estimate of drug-likeness (QED) is 0.786. The molecule has 1 aromatic carbocycles. The van der Waals surface area contributed by atoms with E-state index < -0.39 is 0 Å². The van der Waals surface area contributed by atoms with Crippen molar-refractivity contribution in [1.29, 1.82) is 0 Å². The van der Waals surface area contributed by atoms with Crippen LogP contribution in [-0.4, -0.2) is 38.6 Å². The number of hydrogen-bond acceptors (Lipinski definition) is 3. The van der Waals surface area contributed by atoms with Crippen molar-refractivity contribution >= 4 is 17.6 Å². The van der Waals surface area contributed by atoms with Crippen molar-refractivity contribution in [2.24, 2.45) is 5.92 Å². The van der Waals surface area contributed by atoms with Gasteiger partial charge in [0.25, 0.3) is 5.91 Å². The molecule has 2 rings (SSSR count). The topological polar surface area (TPSA) is 59.8 Å². The average molecular weight is 305 g/mol. The summed E-state index contributed by atoms with van der Waals surface area (Å²) in [6.45, 7) is 4.20. The standard InChI is InChI=1S/C17H24N2O3/c1-3-13-6-4-5-7-15(13)18-16(20)12-19-10-8-14(9-11-19)17(21)22-2/h4-7,14H,3,8-12H2,1-2H3,(H,18,20)/p+1. The van der Waals surface area contributed by atoms with Gasteiger partial charge < -0.3 is 15.0 Å². The van der Waals surface area contributed by atoms with Crippen molar-refractivity contribution in [3.63, 3.8) is 0 Å². The van der Waals surface area contributed by atoms with Crippen LogP contribution in [0.1, 0.15) is 25.3 Å². The van der Waals surface area contributed by atoms with Gasteiger partial charge in [-0.2, -0.15) is 0 Å². The van der Waals surface area contributed by atoms with Crippen LogP contribution >= 0.6 is 0 Å². The molecule has 2 N–H and O–H groups in total. The number of aryl methyl sites for hydroxylation is 1. The molecule has 0 radical (unpaired) electrons. The maximum atomic E-state index is 12.2. The summed E-state index contributed by atoms with van der Waals surface area (Å²) in [5.74, 6) is -0.0922. The highest BCUT2D eigenvalue weighted by Gasteiger charge is 2.29. The lowest BCUT2D eigenvalue weighted by Gasteiger charge is -2.27. The Labute approximate surface area is 131 Å². The van der Waals surface area contributed by atoms with E-state index in [2.05, 4.69) is 12.2 Å². The minimum absolute atomic E-state index is 0.00220. The monoisotopic (exact) mass is 305 g/mol. The molecule has 1 saturated heterocycles. The summed E-state index contributed by atoms with van der Waals surface area (Å²) in [5, 5.41) is 3.00. The van der Waals surface area contributed by atoms with Crippen LogP contribution in [0, 0.1) is 5.92 Å². The van der Waals surface area contributed by atoms with Crippen molar-refractivity contribution in [3.05, 3.63) is 29.8 Å². The first-order chi connectivity index (χ1) is 10.6. The van der Waals surface area contributed by atoms with E-state index in [0.29, 0.717) is 6.54 Å². The van der Waals surface area contributed by atoms with Crippen molar-refractivity contribution in [3.8, 4) is 0 Å². The first-order valence-electron chi connectivity index (χ1n) is 7.93. The van der Waals surface area contributed by atoms with Crippen molar-refractivity contribution < 1.29 is 19.2 Å². The minimum atomic E-state index is -0.125. The molecule has 0 bridgehead atoms. The van der Waals surface area contributed by atoms with Crippen molar-refractivity contribution in [1.82, 2.24) is 0 Å². The Morgan fingerprint density at radius 1 is 1.27 bits per heavy atom. The fourth-order valence-corrected chi connectivity index (χ4v) is 2.98. The summed E-state index contributed by atoms with van der Waals surface area (Å²) in [7, 11) is 1.43. The highest BCUT2D eigenvalue weighted by Crippen LogP contribution is 2.15. The zero-order chi connectivity index (χ0) is 15.9. The molecule has 5 heteroatoms. The van der Waals surface area contributed by atoms with E-state index in [0.717, 1.165) is 43.6 Å². The average Bonchev–Trinajstić information content (AvgIpc) is 2.55. The third kappa shape index (κ3) is 4.31. The second-order valence-electron chi connectivity index (χ2n) is 5.78. The highest BCUT2D eigenvalue weighted by atomic mass is 16.5. The van der Waals surface area contributed by atoms with Crippen LogP contribution in [0.4, 0.5) is 5.69 Å². The van der Waals surface area contributed by atoms with Crippen LogP contribution in [0.5, 0.6) is 0 Å². The molecule has 22 heavy (non-hydrogen) atoms. The first-order valence-corrected chi connectivity index (χ1v) is 7.93. The van der Waals surface area contributed by atoms with E-state index in [-0.39, 0.29) is 17.8 Å². The number of benzene rings is 1. The number of carbonyl (C=O) groups is 2. The Kier molecular flexibility index (Phi) is 5.95. The molecule has 1 aromatic rings. The molecule has 0 spiro atoms. The number of methoxy groups -OCH3 is 1. The lowest BCUT2D eigenvalue weighted by Crippen LogP contribution is -3.14. The molecule has 1 amide bonds. The lowest BCUT2D eigenvalue weighted by atomic mass is 9.97. The van der Waals surface area contributed by atoms with Gasteiger partial charge in [0.05, 0.1) is 26.1 Å². The molecular formula is C17H25N2O3+. The molecule has 0 saturated carbocycles. The molecular weight excluding hydrogens is 280 g/mol. The largest absolute Gasteiger partial charge is 0.469 e. The first kappa shape index (κ1) is 16.5. The molecule has 1 fully saturated rings. The fraction of sp³-hybridized carbons (Fsp3) is 0.529. The highest BCUT2D eigenvalue weighted by molar-refractivity contribution is 5.92. The number of hydrogen-bond donors (Lipinski definition) is 2. The van der Waals surface area contributed by atoms with Gasteiger partial charge in [-0.3, -0.25) is 9.59 Å². The number of quaternary nitrogens is 1. The summed E-state index contributed by atoms with van der Waals surface area (Å²) >= 11 is 0. The third-order valence-corrected chi connectivity index (χ3v) is 4.31. The number of piperidine rings is 1. The molecule has 1 aliphatic rings. The van der Waals surface area contributed by atoms with Crippen LogP contribution in [0.25, 0.3) is 0 Å². The van der Waals surface area contributed by atoms with E-state index in [1.165, 1.54) is 12.0 Å². The number of amides is 1. The number of esters is 1. The maximum Gasteiger partial charge on any atom is 0.309 e. The molecule has 120 valence electrons. The van der Waals surface area contributed by atoms with E-state index >= 15 is 0 Å². The predicted molar refractivity (Wildman–Crippen MR) is 84.8 cm³/mol. The SMILES string of the molecule is CCc1ccccc1NC(=O)C[NH+]1CCC(C(=O)OC)CC1. The van der Waals surface area contributed by atoms with Crippen LogP contribution in [0.3, 0.4) is 0 Å². The van der Waals surface area contributed by atoms with Gasteiger partial charge in [-0.1, -0.05) is 25.1 Å². The van der Waals surface area contributed by atoms with Crippen LogP contribution in [0.15, 0.2) is 24.3 Å². The van der Waals surface area contributed by atoms with Crippen molar-refractivity contribution in [2.45, 2.75) is 26.2 Å². The summed E-state index contributed by atoms with van der Waals surface area (Å²) in [4.78, 5) is 24.9. The predicted octanol–water partition coefficient (Wildman–Crippen LogP) is 0.655. The van der Waals surface area contributed by atoms with Gasteiger partial charge in [0.1, 0.15) is 0 Å². The van der Waals surface area contributed by atoms with Crippen molar-refractivity contribution in [2.75, 3.05) is 32.1 Å². The van der Waals surface area contributed by atoms with Crippen LogP contribution in [-0.2, 0) is 20.7 Å². The van der Waals surface area contributed by atoms with Gasteiger partial charge in [0, 0.05) is 18.5 Å². The van der Waals surface area contributed by atoms with E-state index in [1.54, 1.807) is 0 Å². The van der Waals surface area contributed by atoms with Gasteiger partial charge in [-0.05, 0) is 18.1 Å². The number of carbonyl (C=O) groups excluding carboxylic acids is 2. The Morgan fingerprint density at radius 2 is 1.95 bits per heavy atom. The Morgan fingerprint density at radius 3 is 2.59 bits per heavy atom. The molecule has 0 atom stereocenters. The minimum Gasteiger partial charge on any atom is -0.469 e. The smallest absolute Gasteiger partial charge is 0.309 e. The summed E-state index contributed by atoms with van der Waals surface area (Å²) in [5.41, 5.74) is 2.05. The van der Waals surface area contributed by atoms with Gasteiger partial charge in [0.2, 0.25) is 0 Å². The zero-order valence-corrected chi connectivity index (χ0v) is 13.4. The van der Waals surface area contributed by atoms with E-state index in [4.69, 9.17) is 4.74 Å². The van der Waals surface area contributed by atoms with Gasteiger partial charge in [-0.25, -0.2) is 0 Å². The van der Waals surface area contributed by atoms with E-state index in [9.17, 15) is 9.59 Å².